The Bertz CT molecular complexity index is 1500. The number of aryl methyl sites for hydroxylation is 1. The molecular weight excluding hydrogens is 559 g/mol. The molecule has 2 N–H and O–H groups in total. The number of anilines is 1. The molecule has 1 fully saturated rings. The van der Waals surface area contributed by atoms with Crippen LogP contribution in [0.5, 0.6) is 5.75 Å². The van der Waals surface area contributed by atoms with Crippen LogP contribution < -0.4 is 10.1 Å². The van der Waals surface area contributed by atoms with Gasteiger partial charge in [-0.3, -0.25) is 9.58 Å². The second kappa shape index (κ2) is 13.2. The number of piperazine rings is 1. The number of nitrogens with one attached hydrogen (secondary N) is 1. The van der Waals surface area contributed by atoms with E-state index in [4.69, 9.17) is 4.74 Å². The number of carboxylic acid groups (broad SMARTS) is 1. The number of hydrogen-bond donors (Lipinski definition) is 2. The lowest BCUT2D eigenvalue weighted by Crippen LogP contribution is -2.49. The minimum absolute atomic E-state index is 0.399. The van der Waals surface area contributed by atoms with Crippen molar-refractivity contribution in [3.63, 3.8) is 0 Å². The summed E-state index contributed by atoms with van der Waals surface area (Å²) in [5.74, 6) is 0.677. The summed E-state index contributed by atoms with van der Waals surface area (Å²) in [6.07, 6.45) is -3.57. The molecule has 2 heterocycles. The van der Waals surface area contributed by atoms with E-state index in [0.717, 1.165) is 34.6 Å². The van der Waals surface area contributed by atoms with Gasteiger partial charge in [0.15, 0.2) is 0 Å². The normalized spacial score (nSPS) is 14.8. The lowest BCUT2D eigenvalue weighted by Gasteiger charge is -2.32. The molecule has 1 saturated heterocycles. The van der Waals surface area contributed by atoms with Gasteiger partial charge in [-0.1, -0.05) is 42.5 Å². The molecule has 0 aliphatic carbocycles. The Kier molecular flexibility index (Phi) is 9.20. The molecule has 1 aliphatic heterocycles. The van der Waals surface area contributed by atoms with E-state index in [9.17, 15) is 23.1 Å². The van der Waals surface area contributed by atoms with Gasteiger partial charge < -0.3 is 20.1 Å². The topological polar surface area (TPSA) is 82.9 Å². The standard InChI is InChI=1S/C32H34F3N5O3/c1-2-40-28(14-15-36-40)27-22-26(12-13-29(27)43-21-20-38-16-18-39(19-17-38)31(41)42)37-30(23-6-4-3-5-7-23)24-8-10-25(11-9-24)32(33,34)35/h3-15,22,30,37H,2,16-21H2,1H3,(H,41,42). The molecule has 43 heavy (non-hydrogen) atoms. The highest BCUT2D eigenvalue weighted by Crippen LogP contribution is 2.36. The van der Waals surface area contributed by atoms with Crippen molar-refractivity contribution < 1.29 is 27.8 Å². The number of aromatic nitrogens is 2. The van der Waals surface area contributed by atoms with Crippen LogP contribution in [-0.2, 0) is 12.7 Å². The van der Waals surface area contributed by atoms with Gasteiger partial charge in [-0.2, -0.15) is 18.3 Å². The molecule has 1 aliphatic rings. The fourth-order valence-electron chi connectivity index (χ4n) is 5.24. The number of nitrogens with zero attached hydrogens (tertiary/aromatic N) is 4. The van der Waals surface area contributed by atoms with Crippen molar-refractivity contribution in [2.45, 2.75) is 25.7 Å². The first kappa shape index (κ1) is 30.0. The van der Waals surface area contributed by atoms with Crippen LogP contribution in [0.4, 0.5) is 23.7 Å². The summed E-state index contributed by atoms with van der Waals surface area (Å²) in [6, 6.07) is 22.1. The quantitative estimate of drug-likeness (QED) is 0.220. The summed E-state index contributed by atoms with van der Waals surface area (Å²) >= 11 is 0. The molecule has 5 rings (SSSR count). The molecule has 1 amide bonds. The lowest BCUT2D eigenvalue weighted by atomic mass is 9.97. The van der Waals surface area contributed by atoms with Crippen LogP contribution in [0.25, 0.3) is 11.3 Å². The second-order valence-electron chi connectivity index (χ2n) is 10.3. The maximum absolute atomic E-state index is 13.2. The molecule has 1 atom stereocenters. The van der Waals surface area contributed by atoms with Gasteiger partial charge in [0.05, 0.1) is 17.3 Å². The predicted molar refractivity (Wildman–Crippen MR) is 158 cm³/mol. The van der Waals surface area contributed by atoms with Crippen LogP contribution in [0.2, 0.25) is 0 Å². The van der Waals surface area contributed by atoms with Crippen LogP contribution >= 0.6 is 0 Å². The number of rotatable bonds is 10. The molecule has 8 nitrogen and oxygen atoms in total. The Morgan fingerprint density at radius 2 is 1.67 bits per heavy atom. The van der Waals surface area contributed by atoms with E-state index >= 15 is 0 Å². The molecular formula is C32H34F3N5O3. The molecule has 226 valence electrons. The Morgan fingerprint density at radius 3 is 2.33 bits per heavy atom. The molecule has 11 heteroatoms. The van der Waals surface area contributed by atoms with Crippen molar-refractivity contribution in [3.8, 4) is 17.0 Å². The first-order chi connectivity index (χ1) is 20.7. The summed E-state index contributed by atoms with van der Waals surface area (Å²) < 4.78 is 47.9. The molecule has 0 spiro atoms. The van der Waals surface area contributed by atoms with E-state index in [0.29, 0.717) is 57.2 Å². The number of alkyl halides is 3. The first-order valence-electron chi connectivity index (χ1n) is 14.2. The van der Waals surface area contributed by atoms with Crippen molar-refractivity contribution in [2.75, 3.05) is 44.6 Å². The SMILES string of the molecule is CCn1nccc1-c1cc(NC(c2ccccc2)c2ccc(C(F)(F)F)cc2)ccc1OCCN1CCN(C(=O)O)CC1. The number of halogens is 3. The highest BCUT2D eigenvalue weighted by atomic mass is 19.4. The molecule has 1 aromatic heterocycles. The number of amides is 1. The van der Waals surface area contributed by atoms with Gasteiger partial charge in [0.1, 0.15) is 12.4 Å². The Labute approximate surface area is 248 Å². The fourth-order valence-corrected chi connectivity index (χ4v) is 5.24. The van der Waals surface area contributed by atoms with Crippen LogP contribution in [0.3, 0.4) is 0 Å². The fraction of sp³-hybridized carbons (Fsp3) is 0.312. The summed E-state index contributed by atoms with van der Waals surface area (Å²) in [7, 11) is 0. The zero-order valence-corrected chi connectivity index (χ0v) is 23.8. The monoisotopic (exact) mass is 593 g/mol. The zero-order valence-electron chi connectivity index (χ0n) is 23.8. The summed E-state index contributed by atoms with van der Waals surface area (Å²) in [6.45, 7) is 5.99. The highest BCUT2D eigenvalue weighted by molar-refractivity contribution is 5.73. The van der Waals surface area contributed by atoms with E-state index in [1.54, 1.807) is 6.20 Å². The van der Waals surface area contributed by atoms with Gasteiger partial charge in [0, 0.05) is 56.7 Å². The second-order valence-corrected chi connectivity index (χ2v) is 10.3. The minimum atomic E-state index is -4.41. The zero-order chi connectivity index (χ0) is 30.4. The van der Waals surface area contributed by atoms with E-state index in [-0.39, 0.29) is 0 Å². The Morgan fingerprint density at radius 1 is 0.977 bits per heavy atom. The van der Waals surface area contributed by atoms with Gasteiger partial charge in [0.2, 0.25) is 0 Å². The van der Waals surface area contributed by atoms with Gasteiger partial charge in [-0.05, 0) is 54.4 Å². The molecule has 4 aromatic rings. The van der Waals surface area contributed by atoms with Crippen LogP contribution in [-0.4, -0.2) is 70.1 Å². The van der Waals surface area contributed by atoms with Gasteiger partial charge in [0.25, 0.3) is 0 Å². The average Bonchev–Trinajstić information content (AvgIpc) is 3.50. The van der Waals surface area contributed by atoms with E-state index in [2.05, 4.69) is 15.3 Å². The third-order valence-electron chi connectivity index (χ3n) is 7.59. The molecule has 0 saturated carbocycles. The number of carbonyl (C=O) groups is 1. The molecule has 0 bridgehead atoms. The number of benzene rings is 3. The predicted octanol–water partition coefficient (Wildman–Crippen LogP) is 6.46. The summed E-state index contributed by atoms with van der Waals surface area (Å²) in [5.41, 5.74) is 3.39. The Balaban J connectivity index is 1.39. The van der Waals surface area contributed by atoms with Gasteiger partial charge >= 0.3 is 12.3 Å². The van der Waals surface area contributed by atoms with E-state index < -0.39 is 23.9 Å². The lowest BCUT2D eigenvalue weighted by molar-refractivity contribution is -0.137. The third kappa shape index (κ3) is 7.29. The van der Waals surface area contributed by atoms with Crippen LogP contribution in [0.15, 0.2) is 85.1 Å². The van der Waals surface area contributed by atoms with E-state index in [1.165, 1.54) is 17.0 Å². The highest BCUT2D eigenvalue weighted by Gasteiger charge is 2.30. The minimum Gasteiger partial charge on any atom is -0.492 e. The number of ether oxygens (including phenoxy) is 1. The smallest absolute Gasteiger partial charge is 0.416 e. The maximum atomic E-state index is 13.2. The Hall–Kier alpha value is -4.51. The van der Waals surface area contributed by atoms with Crippen molar-refractivity contribution in [1.29, 1.82) is 0 Å². The third-order valence-corrected chi connectivity index (χ3v) is 7.59. The largest absolute Gasteiger partial charge is 0.492 e. The van der Waals surface area contributed by atoms with Crippen LogP contribution in [0.1, 0.15) is 29.7 Å². The molecule has 0 radical (unpaired) electrons. The first-order valence-corrected chi connectivity index (χ1v) is 14.2. The average molecular weight is 594 g/mol. The maximum Gasteiger partial charge on any atom is 0.416 e. The van der Waals surface area contributed by atoms with Crippen LogP contribution in [0, 0.1) is 0 Å². The molecule has 3 aromatic carbocycles. The van der Waals surface area contributed by atoms with Crippen molar-refractivity contribution >= 4 is 11.8 Å². The van der Waals surface area contributed by atoms with E-state index in [1.807, 2.05) is 66.2 Å². The summed E-state index contributed by atoms with van der Waals surface area (Å²) in [5, 5.41) is 17.1. The van der Waals surface area contributed by atoms with Crippen molar-refractivity contribution in [2.24, 2.45) is 0 Å². The summed E-state index contributed by atoms with van der Waals surface area (Å²) in [4.78, 5) is 14.8. The number of hydrogen-bond acceptors (Lipinski definition) is 5. The van der Waals surface area contributed by atoms with Crippen molar-refractivity contribution in [1.82, 2.24) is 19.6 Å². The van der Waals surface area contributed by atoms with Gasteiger partial charge in [-0.25, -0.2) is 4.79 Å². The van der Waals surface area contributed by atoms with Crippen molar-refractivity contribution in [3.05, 3.63) is 102 Å². The molecule has 1 unspecified atom stereocenters. The van der Waals surface area contributed by atoms with Gasteiger partial charge in [-0.15, -0.1) is 0 Å².